The number of amides is 1. The molecule has 0 fully saturated rings. The van der Waals surface area contributed by atoms with Gasteiger partial charge in [-0.1, -0.05) is 36.4 Å². The Hall–Kier alpha value is -4.58. The lowest BCUT2D eigenvalue weighted by molar-refractivity contribution is 0.102. The van der Waals surface area contributed by atoms with Crippen LogP contribution in [-0.4, -0.2) is 21.1 Å². The fourth-order valence-corrected chi connectivity index (χ4v) is 3.64. The molecule has 5 aromatic rings. The molecule has 3 aromatic carbocycles. The number of hydrogen-bond donors (Lipinski definition) is 2. The van der Waals surface area contributed by atoms with E-state index in [-0.39, 0.29) is 11.5 Å². The summed E-state index contributed by atoms with van der Waals surface area (Å²) >= 11 is 0. The van der Waals surface area contributed by atoms with Crippen molar-refractivity contribution in [3.63, 3.8) is 0 Å². The van der Waals surface area contributed by atoms with Gasteiger partial charge in [-0.05, 0) is 66.2 Å². The number of aromatic nitrogens is 3. The van der Waals surface area contributed by atoms with Gasteiger partial charge in [0.1, 0.15) is 5.82 Å². The maximum Gasteiger partial charge on any atom is 0.255 e. The molecular formula is C27H19FN4O. The standard InChI is InChI=1S/C27H19FN4O/c28-20-7-5-6-19(16-20)27(33)30-24-10-2-1-9-22(24)18-11-13-23-25(31-32-26(23)17-18)14-12-21-8-3-4-15-29-21/h1-17H,(H,30,33)(H,31,32)/b14-12+. The van der Waals surface area contributed by atoms with Crippen molar-refractivity contribution < 1.29 is 9.18 Å². The number of rotatable bonds is 5. The zero-order valence-corrected chi connectivity index (χ0v) is 17.5. The lowest BCUT2D eigenvalue weighted by Crippen LogP contribution is -2.12. The molecule has 0 aliphatic heterocycles. The van der Waals surface area contributed by atoms with Crippen molar-refractivity contribution >= 4 is 34.6 Å². The molecule has 0 unspecified atom stereocenters. The van der Waals surface area contributed by atoms with Gasteiger partial charge in [0.25, 0.3) is 5.91 Å². The third-order valence-electron chi connectivity index (χ3n) is 5.27. The third kappa shape index (κ3) is 4.41. The van der Waals surface area contributed by atoms with Crippen molar-refractivity contribution in [3.8, 4) is 11.1 Å². The number of carbonyl (C=O) groups is 1. The minimum Gasteiger partial charge on any atom is -0.321 e. The number of H-pyrrole nitrogens is 1. The zero-order chi connectivity index (χ0) is 22.6. The van der Waals surface area contributed by atoms with Crippen molar-refractivity contribution in [1.82, 2.24) is 15.2 Å². The fourth-order valence-electron chi connectivity index (χ4n) is 3.64. The molecule has 33 heavy (non-hydrogen) atoms. The molecule has 2 N–H and O–H groups in total. The van der Waals surface area contributed by atoms with E-state index in [0.29, 0.717) is 5.69 Å². The van der Waals surface area contributed by atoms with Crippen LogP contribution in [0.2, 0.25) is 0 Å². The molecule has 160 valence electrons. The first-order chi connectivity index (χ1) is 16.2. The van der Waals surface area contributed by atoms with E-state index >= 15 is 0 Å². The minimum absolute atomic E-state index is 0.262. The Morgan fingerprint density at radius 3 is 2.64 bits per heavy atom. The Morgan fingerprint density at radius 2 is 1.79 bits per heavy atom. The highest BCUT2D eigenvalue weighted by Crippen LogP contribution is 2.31. The van der Waals surface area contributed by atoms with Crippen molar-refractivity contribution in [3.05, 3.63) is 114 Å². The van der Waals surface area contributed by atoms with E-state index in [1.165, 1.54) is 18.2 Å². The second-order valence-corrected chi connectivity index (χ2v) is 7.47. The molecule has 2 heterocycles. The summed E-state index contributed by atoms with van der Waals surface area (Å²) in [6.45, 7) is 0. The average Bonchev–Trinajstić information content (AvgIpc) is 3.26. The Balaban J connectivity index is 1.44. The van der Waals surface area contributed by atoms with Crippen LogP contribution in [0.5, 0.6) is 0 Å². The van der Waals surface area contributed by atoms with Gasteiger partial charge in [0.2, 0.25) is 0 Å². The van der Waals surface area contributed by atoms with E-state index in [4.69, 9.17) is 0 Å². The predicted octanol–water partition coefficient (Wildman–Crippen LogP) is 6.19. The van der Waals surface area contributed by atoms with Gasteiger partial charge in [0.05, 0.1) is 16.9 Å². The van der Waals surface area contributed by atoms with Crippen LogP contribution >= 0.6 is 0 Å². The Kier molecular flexibility index (Phi) is 5.47. The van der Waals surface area contributed by atoms with E-state index in [1.807, 2.05) is 72.8 Å². The molecule has 0 atom stereocenters. The minimum atomic E-state index is -0.450. The Labute approximate surface area is 189 Å². The van der Waals surface area contributed by atoms with Gasteiger partial charge in [-0.3, -0.25) is 14.9 Å². The van der Waals surface area contributed by atoms with Crippen LogP contribution in [-0.2, 0) is 0 Å². The largest absolute Gasteiger partial charge is 0.321 e. The normalized spacial score (nSPS) is 11.2. The molecule has 0 spiro atoms. The van der Waals surface area contributed by atoms with Crippen LogP contribution in [0.15, 0.2) is 91.1 Å². The lowest BCUT2D eigenvalue weighted by atomic mass is 10.0. The monoisotopic (exact) mass is 434 g/mol. The number of nitrogens with one attached hydrogen (secondary N) is 2. The highest BCUT2D eigenvalue weighted by molar-refractivity contribution is 6.06. The predicted molar refractivity (Wildman–Crippen MR) is 129 cm³/mol. The van der Waals surface area contributed by atoms with Gasteiger partial charge in [-0.2, -0.15) is 5.10 Å². The number of carbonyl (C=O) groups excluding carboxylic acids is 1. The lowest BCUT2D eigenvalue weighted by Gasteiger charge is -2.12. The number of fused-ring (bicyclic) bond motifs is 1. The molecule has 0 saturated carbocycles. The number of aromatic amines is 1. The van der Waals surface area contributed by atoms with Crippen molar-refractivity contribution in [2.45, 2.75) is 0 Å². The number of halogens is 1. The molecule has 6 heteroatoms. The molecule has 5 rings (SSSR count). The molecule has 0 bridgehead atoms. The third-order valence-corrected chi connectivity index (χ3v) is 5.27. The molecule has 0 aliphatic rings. The highest BCUT2D eigenvalue weighted by Gasteiger charge is 2.12. The molecule has 5 nitrogen and oxygen atoms in total. The van der Waals surface area contributed by atoms with E-state index in [1.54, 1.807) is 12.3 Å². The summed E-state index contributed by atoms with van der Waals surface area (Å²) in [6, 6.07) is 24.9. The van der Waals surface area contributed by atoms with Gasteiger partial charge >= 0.3 is 0 Å². The summed E-state index contributed by atoms with van der Waals surface area (Å²) in [6.07, 6.45) is 5.59. The van der Waals surface area contributed by atoms with Crippen LogP contribution in [0.1, 0.15) is 21.7 Å². The number of anilines is 1. The van der Waals surface area contributed by atoms with E-state index in [9.17, 15) is 9.18 Å². The topological polar surface area (TPSA) is 70.7 Å². The average molecular weight is 434 g/mol. The quantitative estimate of drug-likeness (QED) is 0.347. The van der Waals surface area contributed by atoms with Crippen LogP contribution in [0.3, 0.4) is 0 Å². The summed E-state index contributed by atoms with van der Waals surface area (Å²) in [4.78, 5) is 16.9. The van der Waals surface area contributed by atoms with Crippen LogP contribution < -0.4 is 5.32 Å². The van der Waals surface area contributed by atoms with Crippen LogP contribution in [0, 0.1) is 5.82 Å². The van der Waals surface area contributed by atoms with Crippen molar-refractivity contribution in [1.29, 1.82) is 0 Å². The second-order valence-electron chi connectivity index (χ2n) is 7.47. The molecular weight excluding hydrogens is 415 g/mol. The first kappa shape index (κ1) is 20.3. The summed E-state index contributed by atoms with van der Waals surface area (Å²) in [5.41, 5.74) is 5.22. The molecule has 1 amide bonds. The SMILES string of the molecule is O=C(Nc1ccccc1-c1ccc2c(/C=C/c3ccccn3)n[nH]c2c1)c1cccc(F)c1. The maximum absolute atomic E-state index is 13.5. The van der Waals surface area contributed by atoms with Gasteiger partial charge in [-0.25, -0.2) is 4.39 Å². The number of benzene rings is 3. The number of pyridine rings is 1. The van der Waals surface area contributed by atoms with Crippen LogP contribution in [0.25, 0.3) is 34.2 Å². The first-order valence-corrected chi connectivity index (χ1v) is 10.4. The number of nitrogens with zero attached hydrogens (tertiary/aromatic N) is 2. The van der Waals surface area contributed by atoms with Gasteiger partial charge < -0.3 is 5.32 Å². The zero-order valence-electron chi connectivity index (χ0n) is 17.5. The van der Waals surface area contributed by atoms with E-state index < -0.39 is 5.82 Å². The van der Waals surface area contributed by atoms with Gasteiger partial charge in [0.15, 0.2) is 0 Å². The molecule has 0 aliphatic carbocycles. The van der Waals surface area contributed by atoms with Crippen LogP contribution in [0.4, 0.5) is 10.1 Å². The molecule has 0 saturated heterocycles. The summed E-state index contributed by atoms with van der Waals surface area (Å²) in [5.74, 6) is -0.819. The Bertz CT molecular complexity index is 1470. The van der Waals surface area contributed by atoms with E-state index in [2.05, 4.69) is 20.5 Å². The van der Waals surface area contributed by atoms with Gasteiger partial charge in [-0.15, -0.1) is 0 Å². The smallest absolute Gasteiger partial charge is 0.255 e. The summed E-state index contributed by atoms with van der Waals surface area (Å²) < 4.78 is 13.5. The molecule has 2 aromatic heterocycles. The maximum atomic E-state index is 13.5. The second kappa shape index (κ2) is 8.88. The number of hydrogen-bond acceptors (Lipinski definition) is 3. The summed E-state index contributed by atoms with van der Waals surface area (Å²) in [5, 5.41) is 11.4. The van der Waals surface area contributed by atoms with Gasteiger partial charge in [0, 0.05) is 28.4 Å². The first-order valence-electron chi connectivity index (χ1n) is 10.4. The van der Waals surface area contributed by atoms with E-state index in [0.717, 1.165) is 33.4 Å². The Morgan fingerprint density at radius 1 is 0.909 bits per heavy atom. The highest BCUT2D eigenvalue weighted by atomic mass is 19.1. The van der Waals surface area contributed by atoms with Crippen molar-refractivity contribution in [2.75, 3.05) is 5.32 Å². The molecule has 0 radical (unpaired) electrons. The number of para-hydroxylation sites is 1. The fraction of sp³-hybridized carbons (Fsp3) is 0. The van der Waals surface area contributed by atoms with Crippen molar-refractivity contribution in [2.24, 2.45) is 0 Å². The summed E-state index contributed by atoms with van der Waals surface area (Å²) in [7, 11) is 0.